The monoisotopic (exact) mass is 270 g/mol. The van der Waals surface area contributed by atoms with Crippen LogP contribution in [0.1, 0.15) is 26.3 Å². The Hall–Kier alpha value is -1.17. The van der Waals surface area contributed by atoms with Crippen molar-refractivity contribution < 1.29 is 0 Å². The second-order valence-corrected chi connectivity index (χ2v) is 4.17. The van der Waals surface area contributed by atoms with Crippen LogP contribution < -0.4 is 5.56 Å². The number of halogens is 1. The zero-order valence-electron chi connectivity index (χ0n) is 8.49. The summed E-state index contributed by atoms with van der Waals surface area (Å²) < 4.78 is 2.32. The third-order valence-electron chi connectivity index (χ3n) is 2.46. The molecule has 0 saturated carbocycles. The molecule has 0 saturated heterocycles. The standard InChI is InChI=1S/C9H11BrN4O/c1-3-5(2)14-8-6(7(10)13-14)9(15)12-4-11-8/h4-5H,3H2,1-2H3,(H,11,12,15)/t5-/m1/s1. The van der Waals surface area contributed by atoms with Gasteiger partial charge in [0.2, 0.25) is 0 Å². The van der Waals surface area contributed by atoms with E-state index in [1.54, 1.807) is 4.68 Å². The summed E-state index contributed by atoms with van der Waals surface area (Å²) in [6.07, 6.45) is 2.34. The van der Waals surface area contributed by atoms with Crippen LogP contribution in [-0.2, 0) is 0 Å². The molecule has 6 heteroatoms. The summed E-state index contributed by atoms with van der Waals surface area (Å²) in [7, 11) is 0. The van der Waals surface area contributed by atoms with Gasteiger partial charge in [0.1, 0.15) is 9.99 Å². The van der Waals surface area contributed by atoms with Crippen molar-refractivity contribution in [1.29, 1.82) is 0 Å². The minimum Gasteiger partial charge on any atom is -0.312 e. The van der Waals surface area contributed by atoms with E-state index in [9.17, 15) is 4.79 Å². The minimum atomic E-state index is -0.165. The molecular formula is C9H11BrN4O. The predicted octanol–water partition coefficient (Wildman–Crippen LogP) is 1.85. The first-order chi connectivity index (χ1) is 7.15. The van der Waals surface area contributed by atoms with E-state index in [0.717, 1.165) is 6.42 Å². The Morgan fingerprint density at radius 2 is 2.40 bits per heavy atom. The van der Waals surface area contributed by atoms with Gasteiger partial charge in [-0.2, -0.15) is 5.10 Å². The number of aromatic nitrogens is 4. The second kappa shape index (κ2) is 3.77. The van der Waals surface area contributed by atoms with E-state index in [1.807, 2.05) is 6.92 Å². The molecule has 0 unspecified atom stereocenters. The van der Waals surface area contributed by atoms with Crippen molar-refractivity contribution >= 4 is 27.0 Å². The fourth-order valence-electron chi connectivity index (χ4n) is 1.42. The van der Waals surface area contributed by atoms with Crippen LogP contribution in [0.15, 0.2) is 15.7 Å². The normalized spacial score (nSPS) is 13.3. The van der Waals surface area contributed by atoms with Crippen LogP contribution in [-0.4, -0.2) is 19.7 Å². The number of nitrogens with one attached hydrogen (secondary N) is 1. The Bertz CT molecular complexity index is 545. The molecule has 0 radical (unpaired) electrons. The Morgan fingerprint density at radius 1 is 1.67 bits per heavy atom. The molecule has 0 amide bonds. The third kappa shape index (κ3) is 1.58. The van der Waals surface area contributed by atoms with Gasteiger partial charge in [0, 0.05) is 0 Å². The smallest absolute Gasteiger partial charge is 0.263 e. The number of aromatic amines is 1. The molecule has 0 aliphatic carbocycles. The molecule has 0 aromatic carbocycles. The number of nitrogens with zero attached hydrogens (tertiary/aromatic N) is 3. The van der Waals surface area contributed by atoms with Crippen molar-refractivity contribution in [2.24, 2.45) is 0 Å². The first-order valence-electron chi connectivity index (χ1n) is 4.76. The van der Waals surface area contributed by atoms with Gasteiger partial charge in [-0.25, -0.2) is 9.67 Å². The SMILES string of the molecule is CC[C@@H](C)n1nc(Br)c2c(=O)[nH]cnc21. The Labute approximate surface area is 94.6 Å². The first kappa shape index (κ1) is 10.4. The van der Waals surface area contributed by atoms with E-state index in [1.165, 1.54) is 6.33 Å². The maximum absolute atomic E-state index is 11.5. The molecule has 80 valence electrons. The van der Waals surface area contributed by atoms with Crippen LogP contribution in [0.5, 0.6) is 0 Å². The van der Waals surface area contributed by atoms with Crippen molar-refractivity contribution in [1.82, 2.24) is 19.7 Å². The average molecular weight is 271 g/mol. The van der Waals surface area contributed by atoms with E-state index in [0.29, 0.717) is 15.6 Å². The highest BCUT2D eigenvalue weighted by molar-refractivity contribution is 9.10. The van der Waals surface area contributed by atoms with Crippen LogP contribution in [0.3, 0.4) is 0 Å². The summed E-state index contributed by atoms with van der Waals surface area (Å²) in [5, 5.41) is 4.78. The number of fused-ring (bicyclic) bond motifs is 1. The van der Waals surface area contributed by atoms with Gasteiger partial charge in [0.15, 0.2) is 5.65 Å². The molecule has 0 spiro atoms. The van der Waals surface area contributed by atoms with Crippen LogP contribution in [0, 0.1) is 0 Å². The number of hydrogen-bond donors (Lipinski definition) is 1. The molecule has 0 aliphatic rings. The van der Waals surface area contributed by atoms with Gasteiger partial charge < -0.3 is 4.98 Å². The summed E-state index contributed by atoms with van der Waals surface area (Å²) in [5.41, 5.74) is 0.460. The molecule has 2 rings (SSSR count). The highest BCUT2D eigenvalue weighted by atomic mass is 79.9. The molecule has 2 aromatic rings. The lowest BCUT2D eigenvalue weighted by atomic mass is 10.3. The van der Waals surface area contributed by atoms with Crippen LogP contribution in [0.25, 0.3) is 11.0 Å². The van der Waals surface area contributed by atoms with E-state index in [-0.39, 0.29) is 11.6 Å². The molecule has 1 N–H and O–H groups in total. The topological polar surface area (TPSA) is 63.6 Å². The van der Waals surface area contributed by atoms with Crippen molar-refractivity contribution in [2.45, 2.75) is 26.3 Å². The predicted molar refractivity (Wildman–Crippen MR) is 60.9 cm³/mol. The Morgan fingerprint density at radius 3 is 3.07 bits per heavy atom. The van der Waals surface area contributed by atoms with E-state index >= 15 is 0 Å². The fraction of sp³-hybridized carbons (Fsp3) is 0.444. The van der Waals surface area contributed by atoms with Crippen molar-refractivity contribution in [3.05, 3.63) is 21.3 Å². The average Bonchev–Trinajstić information content (AvgIpc) is 2.56. The fourth-order valence-corrected chi connectivity index (χ4v) is 1.95. The molecular weight excluding hydrogens is 260 g/mol. The summed E-state index contributed by atoms with van der Waals surface area (Å²) in [5.74, 6) is 0. The largest absolute Gasteiger partial charge is 0.312 e. The van der Waals surface area contributed by atoms with Gasteiger partial charge in [0.25, 0.3) is 5.56 Å². The van der Waals surface area contributed by atoms with Crippen LogP contribution in [0.4, 0.5) is 0 Å². The molecule has 5 nitrogen and oxygen atoms in total. The molecule has 15 heavy (non-hydrogen) atoms. The number of rotatable bonds is 2. The zero-order chi connectivity index (χ0) is 11.0. The lowest BCUT2D eigenvalue weighted by Crippen LogP contribution is -2.09. The number of H-pyrrole nitrogens is 1. The van der Waals surface area contributed by atoms with E-state index in [4.69, 9.17) is 0 Å². The van der Waals surface area contributed by atoms with Crippen molar-refractivity contribution in [2.75, 3.05) is 0 Å². The highest BCUT2D eigenvalue weighted by Crippen LogP contribution is 2.21. The first-order valence-corrected chi connectivity index (χ1v) is 5.55. The van der Waals surface area contributed by atoms with Gasteiger partial charge in [-0.05, 0) is 29.3 Å². The van der Waals surface area contributed by atoms with Gasteiger partial charge in [-0.3, -0.25) is 4.79 Å². The van der Waals surface area contributed by atoms with Gasteiger partial charge in [0.05, 0.1) is 12.4 Å². The lowest BCUT2D eigenvalue weighted by Gasteiger charge is -2.08. The Balaban J connectivity index is 2.79. The van der Waals surface area contributed by atoms with Gasteiger partial charge >= 0.3 is 0 Å². The molecule has 0 fully saturated rings. The molecule has 0 aliphatic heterocycles. The lowest BCUT2D eigenvalue weighted by molar-refractivity contribution is 0.487. The molecule has 1 atom stereocenters. The Kier molecular flexibility index (Phi) is 2.60. The quantitative estimate of drug-likeness (QED) is 0.906. The van der Waals surface area contributed by atoms with Gasteiger partial charge in [-0.15, -0.1) is 0 Å². The van der Waals surface area contributed by atoms with E-state index in [2.05, 4.69) is 37.9 Å². The number of hydrogen-bond acceptors (Lipinski definition) is 3. The molecule has 2 aromatic heterocycles. The van der Waals surface area contributed by atoms with E-state index < -0.39 is 0 Å². The zero-order valence-corrected chi connectivity index (χ0v) is 10.1. The summed E-state index contributed by atoms with van der Waals surface area (Å²) in [4.78, 5) is 18.2. The van der Waals surface area contributed by atoms with Crippen molar-refractivity contribution in [3.63, 3.8) is 0 Å². The second-order valence-electron chi connectivity index (χ2n) is 3.42. The third-order valence-corrected chi connectivity index (χ3v) is 3.02. The van der Waals surface area contributed by atoms with Crippen LogP contribution >= 0.6 is 15.9 Å². The summed E-state index contributed by atoms with van der Waals surface area (Å²) in [6, 6.07) is 0.230. The minimum absolute atomic E-state index is 0.165. The maximum atomic E-state index is 11.5. The van der Waals surface area contributed by atoms with Crippen LogP contribution in [0.2, 0.25) is 0 Å². The van der Waals surface area contributed by atoms with Crippen molar-refractivity contribution in [3.8, 4) is 0 Å². The van der Waals surface area contributed by atoms with Gasteiger partial charge in [-0.1, -0.05) is 6.92 Å². The maximum Gasteiger partial charge on any atom is 0.263 e. The molecule has 2 heterocycles. The highest BCUT2D eigenvalue weighted by Gasteiger charge is 2.15. The molecule has 0 bridgehead atoms. The summed E-state index contributed by atoms with van der Waals surface area (Å²) >= 11 is 3.27. The summed E-state index contributed by atoms with van der Waals surface area (Å²) in [6.45, 7) is 4.11.